The van der Waals surface area contributed by atoms with E-state index in [0.717, 1.165) is 0 Å². The van der Waals surface area contributed by atoms with Crippen LogP contribution in [0, 0.1) is 0 Å². The fourth-order valence-electron chi connectivity index (χ4n) is 5.33. The van der Waals surface area contributed by atoms with E-state index in [2.05, 4.69) is 16.0 Å². The molecular formula is C44H43N3O13. The van der Waals surface area contributed by atoms with Crippen LogP contribution in [0.1, 0.15) is 67.1 Å². The Labute approximate surface area is 344 Å². The minimum Gasteiger partial charge on any atom is -0.465 e. The molecule has 0 radical (unpaired) electrons. The highest BCUT2D eigenvalue weighted by Crippen LogP contribution is 2.25. The van der Waals surface area contributed by atoms with Crippen molar-refractivity contribution in [3.8, 4) is 23.0 Å². The van der Waals surface area contributed by atoms with Crippen molar-refractivity contribution in [1.82, 2.24) is 5.32 Å². The van der Waals surface area contributed by atoms with Gasteiger partial charge in [0.1, 0.15) is 23.0 Å². The van der Waals surface area contributed by atoms with Gasteiger partial charge >= 0.3 is 11.9 Å². The van der Waals surface area contributed by atoms with E-state index in [4.69, 9.17) is 28.4 Å². The van der Waals surface area contributed by atoms with Crippen LogP contribution in [0.4, 0.5) is 11.4 Å². The fourth-order valence-corrected chi connectivity index (χ4v) is 5.33. The highest BCUT2D eigenvalue weighted by molar-refractivity contribution is 6.11. The molecule has 0 heterocycles. The van der Waals surface area contributed by atoms with Crippen molar-refractivity contribution in [3.63, 3.8) is 0 Å². The van der Waals surface area contributed by atoms with Gasteiger partial charge in [-0.1, -0.05) is 0 Å². The summed E-state index contributed by atoms with van der Waals surface area (Å²) in [7, 11) is 1.54. The molecule has 312 valence electrons. The highest BCUT2D eigenvalue weighted by atomic mass is 16.6. The Bertz CT molecular complexity index is 2240. The predicted octanol–water partition coefficient (Wildman–Crippen LogP) is 5.52. The predicted molar refractivity (Wildman–Crippen MR) is 217 cm³/mol. The summed E-state index contributed by atoms with van der Waals surface area (Å²) >= 11 is 0. The molecule has 0 aliphatic heterocycles. The smallest absolute Gasteiger partial charge is 0.343 e. The zero-order valence-electron chi connectivity index (χ0n) is 32.8. The number of carbonyl (C=O) groups excluding carboxylic acids is 5. The topological polar surface area (TPSA) is 217 Å². The summed E-state index contributed by atoms with van der Waals surface area (Å²) < 4.78 is 31.6. The van der Waals surface area contributed by atoms with Crippen molar-refractivity contribution in [1.29, 1.82) is 0 Å². The quantitative estimate of drug-likeness (QED) is 0.0301. The molecule has 0 fully saturated rings. The monoisotopic (exact) mass is 821 g/mol. The zero-order chi connectivity index (χ0) is 43.0. The highest BCUT2D eigenvalue weighted by Gasteiger charge is 2.18. The van der Waals surface area contributed by atoms with Crippen molar-refractivity contribution in [2.75, 3.05) is 44.1 Å². The maximum atomic E-state index is 13.5. The molecule has 5 aromatic carbocycles. The van der Waals surface area contributed by atoms with E-state index in [1.807, 2.05) is 0 Å². The lowest BCUT2D eigenvalue weighted by molar-refractivity contribution is -0.131. The molecule has 16 heteroatoms. The lowest BCUT2D eigenvalue weighted by atomic mass is 10.0. The van der Waals surface area contributed by atoms with E-state index in [-0.39, 0.29) is 46.9 Å². The second-order valence-electron chi connectivity index (χ2n) is 12.9. The minimum absolute atomic E-state index is 0.0000478. The number of hydrogen-bond acceptors (Lipinski definition) is 13. The van der Waals surface area contributed by atoms with Gasteiger partial charge in [0.2, 0.25) is 6.29 Å². The molecule has 5 N–H and O–H groups in total. The third-order valence-electron chi connectivity index (χ3n) is 8.19. The first-order valence-corrected chi connectivity index (χ1v) is 18.5. The first-order chi connectivity index (χ1) is 28.9. The number of hydrogen-bond donors (Lipinski definition) is 5. The van der Waals surface area contributed by atoms with Crippen molar-refractivity contribution in [2.24, 2.45) is 0 Å². The van der Waals surface area contributed by atoms with Crippen molar-refractivity contribution >= 4 is 41.0 Å². The van der Waals surface area contributed by atoms with E-state index in [1.54, 1.807) is 43.5 Å². The molecule has 2 atom stereocenters. The van der Waals surface area contributed by atoms with E-state index >= 15 is 0 Å². The number of ether oxygens (including phenoxy) is 6. The molecule has 0 aromatic heterocycles. The number of anilines is 2. The molecule has 0 aliphatic carbocycles. The summed E-state index contributed by atoms with van der Waals surface area (Å²) in [6, 6.07) is 28.4. The molecule has 5 aromatic rings. The number of rotatable bonds is 19. The Morgan fingerprint density at radius 2 is 1.05 bits per heavy atom. The minimum atomic E-state index is -1.32. The summed E-state index contributed by atoms with van der Waals surface area (Å²) in [5.74, 6) is -1.77. The van der Waals surface area contributed by atoms with Crippen LogP contribution in [0.25, 0.3) is 0 Å². The molecule has 0 spiro atoms. The van der Waals surface area contributed by atoms with E-state index < -0.39 is 42.2 Å². The molecule has 5 rings (SSSR count). The summed E-state index contributed by atoms with van der Waals surface area (Å²) in [4.78, 5) is 64.1. The van der Waals surface area contributed by atoms with Crippen molar-refractivity contribution in [3.05, 3.63) is 143 Å². The van der Waals surface area contributed by atoms with Gasteiger partial charge in [0.15, 0.2) is 6.29 Å². The largest absolute Gasteiger partial charge is 0.465 e. The second-order valence-corrected chi connectivity index (χ2v) is 12.9. The van der Waals surface area contributed by atoms with Crippen LogP contribution >= 0.6 is 0 Å². The van der Waals surface area contributed by atoms with Gasteiger partial charge in [-0.2, -0.15) is 0 Å². The Morgan fingerprint density at radius 1 is 0.567 bits per heavy atom. The third kappa shape index (κ3) is 13.5. The summed E-state index contributed by atoms with van der Waals surface area (Å²) in [6.45, 7) is 3.83. The van der Waals surface area contributed by atoms with E-state index in [9.17, 15) is 34.2 Å². The Morgan fingerprint density at radius 3 is 1.58 bits per heavy atom. The van der Waals surface area contributed by atoms with Gasteiger partial charge in [-0.05, 0) is 122 Å². The van der Waals surface area contributed by atoms with Crippen LogP contribution in [-0.4, -0.2) is 79.6 Å². The molecule has 0 aliphatic rings. The lowest BCUT2D eigenvalue weighted by Gasteiger charge is -2.15. The molecular weight excluding hydrogens is 778 g/mol. The van der Waals surface area contributed by atoms with Gasteiger partial charge in [0, 0.05) is 54.2 Å². The molecule has 3 amide bonds. The van der Waals surface area contributed by atoms with Crippen LogP contribution in [0.3, 0.4) is 0 Å². The average molecular weight is 822 g/mol. The number of nitrogens with one attached hydrogen (secondary N) is 3. The molecule has 2 unspecified atom stereocenters. The number of aliphatic hydroxyl groups is 2. The maximum Gasteiger partial charge on any atom is 0.343 e. The summed E-state index contributed by atoms with van der Waals surface area (Å²) in [5.41, 5.74) is 1.39. The van der Waals surface area contributed by atoms with Crippen LogP contribution in [0.5, 0.6) is 23.0 Å². The molecule has 0 saturated heterocycles. The third-order valence-corrected chi connectivity index (χ3v) is 8.19. The first-order valence-electron chi connectivity index (χ1n) is 18.5. The SMILES string of the molecule is COCCOCCNC(=O)c1cc(C(=O)Nc2ccc(OC(=O)c3ccc(OC(C)=O)cc3)cc2)cc(C(=O)Nc2ccc(OC(O)c3ccc(OC(C)O)cc3)cc2)c1. The molecule has 16 nitrogen and oxygen atoms in total. The Hall–Kier alpha value is -7.11. The van der Waals surface area contributed by atoms with Crippen LogP contribution < -0.4 is 34.9 Å². The average Bonchev–Trinajstić information content (AvgIpc) is 3.23. The normalized spacial score (nSPS) is 11.7. The summed E-state index contributed by atoms with van der Waals surface area (Å²) in [5, 5.41) is 28.1. The van der Waals surface area contributed by atoms with Gasteiger partial charge in [-0.25, -0.2) is 4.79 Å². The van der Waals surface area contributed by atoms with Gasteiger partial charge in [-0.3, -0.25) is 19.2 Å². The number of carbonyl (C=O) groups is 5. The van der Waals surface area contributed by atoms with Crippen LogP contribution in [0.2, 0.25) is 0 Å². The van der Waals surface area contributed by atoms with Gasteiger partial charge in [-0.15, -0.1) is 0 Å². The number of methoxy groups -OCH3 is 1. The summed E-state index contributed by atoms with van der Waals surface area (Å²) in [6.07, 6.45) is -2.31. The lowest BCUT2D eigenvalue weighted by Crippen LogP contribution is -2.28. The van der Waals surface area contributed by atoms with Gasteiger partial charge in [0.25, 0.3) is 17.7 Å². The molecule has 0 bridgehead atoms. The van der Waals surface area contributed by atoms with Gasteiger partial charge in [0.05, 0.1) is 25.4 Å². The van der Waals surface area contributed by atoms with Crippen molar-refractivity contribution in [2.45, 2.75) is 26.4 Å². The zero-order valence-corrected chi connectivity index (χ0v) is 32.8. The molecule has 60 heavy (non-hydrogen) atoms. The number of benzene rings is 5. The number of amides is 3. The van der Waals surface area contributed by atoms with Crippen molar-refractivity contribution < 1.29 is 62.6 Å². The maximum absolute atomic E-state index is 13.5. The van der Waals surface area contributed by atoms with E-state index in [0.29, 0.717) is 41.7 Å². The van der Waals surface area contributed by atoms with E-state index in [1.165, 1.54) is 92.7 Å². The van der Waals surface area contributed by atoms with Crippen LogP contribution in [0.15, 0.2) is 115 Å². The fraction of sp³-hybridized carbons (Fsp3) is 0.205. The number of esters is 2. The number of aliphatic hydroxyl groups excluding tert-OH is 2. The van der Waals surface area contributed by atoms with Gasteiger partial charge < -0.3 is 54.6 Å². The molecule has 0 saturated carbocycles. The second kappa shape index (κ2) is 21.6. The Kier molecular flexibility index (Phi) is 15.8. The first kappa shape index (κ1) is 44.0. The standard InChI is InChI=1S/C44H43N3O13/c1-27(48)57-36-12-4-29(5-13-36)43(53)59-38-16-8-34(9-17-38)46-41(51)32-24-31(40(50)45-20-21-56-23-22-55-3)25-33(26-32)42(52)47-35-10-18-39(19-11-35)60-44(54)30-6-14-37(15-7-30)58-28(2)49/h4-19,24-27,43,48,53H,20-23H2,1-3H3,(H,45,50)(H,46,51)(H,47,52). The Balaban J connectivity index is 1.25. The van der Waals surface area contributed by atoms with Crippen LogP contribution in [-0.2, 0) is 14.3 Å².